The standard InChI is InChI=1S/C13H15N3O3S/c1-3-19-13(18)10-7-16(2)15-12(10)14-11(17)6-9-4-5-20-8-9/h4-5,7-8H,3,6H2,1-2H3,(H,14,15,17). The van der Waals surface area contributed by atoms with E-state index in [0.29, 0.717) is 0 Å². The summed E-state index contributed by atoms with van der Waals surface area (Å²) in [6, 6.07) is 1.88. The number of hydrogen-bond acceptors (Lipinski definition) is 5. The van der Waals surface area contributed by atoms with E-state index in [0.717, 1.165) is 5.56 Å². The molecule has 2 heterocycles. The first-order valence-corrected chi connectivity index (χ1v) is 7.06. The second-order valence-electron chi connectivity index (χ2n) is 4.14. The number of esters is 1. The van der Waals surface area contributed by atoms with Gasteiger partial charge in [0.15, 0.2) is 5.82 Å². The van der Waals surface area contributed by atoms with Crippen molar-refractivity contribution in [1.29, 1.82) is 0 Å². The molecule has 0 aliphatic heterocycles. The summed E-state index contributed by atoms with van der Waals surface area (Å²) >= 11 is 1.53. The molecule has 2 rings (SSSR count). The van der Waals surface area contributed by atoms with E-state index in [4.69, 9.17) is 4.74 Å². The molecule has 0 aliphatic rings. The van der Waals surface area contributed by atoms with Crippen LogP contribution in [0.2, 0.25) is 0 Å². The van der Waals surface area contributed by atoms with Gasteiger partial charge in [-0.2, -0.15) is 16.4 Å². The van der Waals surface area contributed by atoms with Gasteiger partial charge in [0.1, 0.15) is 5.56 Å². The van der Waals surface area contributed by atoms with Crippen molar-refractivity contribution in [3.05, 3.63) is 34.2 Å². The summed E-state index contributed by atoms with van der Waals surface area (Å²) in [5.41, 5.74) is 1.19. The number of thiophene rings is 1. The molecule has 7 heteroatoms. The minimum Gasteiger partial charge on any atom is -0.462 e. The van der Waals surface area contributed by atoms with Crippen molar-refractivity contribution in [1.82, 2.24) is 9.78 Å². The Morgan fingerprint density at radius 1 is 1.50 bits per heavy atom. The number of anilines is 1. The maximum atomic E-state index is 11.9. The van der Waals surface area contributed by atoms with Gasteiger partial charge in [-0.15, -0.1) is 0 Å². The van der Waals surface area contributed by atoms with Crippen molar-refractivity contribution in [3.8, 4) is 0 Å². The van der Waals surface area contributed by atoms with Crippen LogP contribution in [0.5, 0.6) is 0 Å². The first kappa shape index (κ1) is 14.3. The Bertz CT molecular complexity index is 604. The van der Waals surface area contributed by atoms with Crippen LogP contribution in [-0.4, -0.2) is 28.3 Å². The number of ether oxygens (including phenoxy) is 1. The zero-order valence-electron chi connectivity index (χ0n) is 11.3. The molecule has 1 N–H and O–H groups in total. The van der Waals surface area contributed by atoms with Crippen molar-refractivity contribution in [2.75, 3.05) is 11.9 Å². The predicted octanol–water partition coefficient (Wildman–Crippen LogP) is 1.84. The Kier molecular flexibility index (Phi) is 4.52. The zero-order valence-corrected chi connectivity index (χ0v) is 12.1. The fraction of sp³-hybridized carbons (Fsp3) is 0.308. The second-order valence-corrected chi connectivity index (χ2v) is 4.92. The third kappa shape index (κ3) is 3.45. The highest BCUT2D eigenvalue weighted by molar-refractivity contribution is 7.08. The topological polar surface area (TPSA) is 73.2 Å². The van der Waals surface area contributed by atoms with Crippen LogP contribution in [0.4, 0.5) is 5.82 Å². The summed E-state index contributed by atoms with van der Waals surface area (Å²) in [5, 5.41) is 10.5. The molecular weight excluding hydrogens is 278 g/mol. The monoisotopic (exact) mass is 293 g/mol. The normalized spacial score (nSPS) is 10.3. The van der Waals surface area contributed by atoms with Gasteiger partial charge in [-0.3, -0.25) is 9.48 Å². The summed E-state index contributed by atoms with van der Waals surface area (Å²) in [6.07, 6.45) is 1.78. The molecule has 0 aliphatic carbocycles. The minimum absolute atomic E-state index is 0.215. The Morgan fingerprint density at radius 2 is 2.30 bits per heavy atom. The van der Waals surface area contributed by atoms with Crippen molar-refractivity contribution in [3.63, 3.8) is 0 Å². The molecule has 0 unspecified atom stereocenters. The van der Waals surface area contributed by atoms with Crippen molar-refractivity contribution in [2.24, 2.45) is 7.05 Å². The van der Waals surface area contributed by atoms with Crippen LogP contribution in [0.3, 0.4) is 0 Å². The van der Waals surface area contributed by atoms with Gasteiger partial charge in [-0.25, -0.2) is 4.79 Å². The predicted molar refractivity (Wildman–Crippen MR) is 75.8 cm³/mol. The van der Waals surface area contributed by atoms with Gasteiger partial charge in [0.05, 0.1) is 13.0 Å². The molecule has 0 bridgehead atoms. The molecule has 0 saturated carbocycles. The van der Waals surface area contributed by atoms with E-state index < -0.39 is 5.97 Å². The van der Waals surface area contributed by atoms with E-state index in [1.807, 2.05) is 16.8 Å². The molecule has 20 heavy (non-hydrogen) atoms. The van der Waals surface area contributed by atoms with Crippen molar-refractivity contribution >= 4 is 29.0 Å². The second kappa shape index (κ2) is 6.33. The molecule has 0 spiro atoms. The molecule has 2 aromatic heterocycles. The number of carbonyl (C=O) groups is 2. The van der Waals surface area contributed by atoms with Crippen LogP contribution >= 0.6 is 11.3 Å². The van der Waals surface area contributed by atoms with Gasteiger partial charge in [0.2, 0.25) is 5.91 Å². The Morgan fingerprint density at radius 3 is 2.95 bits per heavy atom. The summed E-state index contributed by atoms with van der Waals surface area (Å²) in [6.45, 7) is 2.00. The van der Waals surface area contributed by atoms with Crippen LogP contribution in [-0.2, 0) is 23.0 Å². The number of amides is 1. The molecule has 1 amide bonds. The lowest BCUT2D eigenvalue weighted by Crippen LogP contribution is -2.17. The number of rotatable bonds is 5. The summed E-state index contributed by atoms with van der Waals surface area (Å²) in [5.74, 6) is -0.481. The maximum Gasteiger partial charge on any atom is 0.343 e. The molecular formula is C13H15N3O3S. The highest BCUT2D eigenvalue weighted by Crippen LogP contribution is 2.15. The van der Waals surface area contributed by atoms with Gasteiger partial charge in [-0.1, -0.05) is 0 Å². The highest BCUT2D eigenvalue weighted by Gasteiger charge is 2.18. The molecule has 0 atom stereocenters. The molecule has 106 valence electrons. The Balaban J connectivity index is 2.08. The highest BCUT2D eigenvalue weighted by atomic mass is 32.1. The fourth-order valence-corrected chi connectivity index (χ4v) is 2.36. The Labute approximate surface area is 120 Å². The third-order valence-corrected chi connectivity index (χ3v) is 3.26. The van der Waals surface area contributed by atoms with Gasteiger partial charge >= 0.3 is 5.97 Å². The van der Waals surface area contributed by atoms with E-state index in [2.05, 4.69) is 10.4 Å². The lowest BCUT2D eigenvalue weighted by molar-refractivity contribution is -0.115. The first-order valence-electron chi connectivity index (χ1n) is 6.12. The third-order valence-electron chi connectivity index (χ3n) is 2.53. The molecule has 6 nitrogen and oxygen atoms in total. The lowest BCUT2D eigenvalue weighted by atomic mass is 10.2. The van der Waals surface area contributed by atoms with Crippen molar-refractivity contribution < 1.29 is 14.3 Å². The van der Waals surface area contributed by atoms with E-state index >= 15 is 0 Å². The number of nitrogens with zero attached hydrogens (tertiary/aromatic N) is 2. The average Bonchev–Trinajstić information content (AvgIpc) is 2.99. The molecule has 0 radical (unpaired) electrons. The van der Waals surface area contributed by atoms with E-state index in [9.17, 15) is 9.59 Å². The zero-order chi connectivity index (χ0) is 14.5. The van der Waals surface area contributed by atoms with E-state index in [1.54, 1.807) is 14.0 Å². The fourth-order valence-electron chi connectivity index (χ4n) is 1.69. The SMILES string of the molecule is CCOC(=O)c1cn(C)nc1NC(=O)Cc1ccsc1. The minimum atomic E-state index is -0.494. The van der Waals surface area contributed by atoms with E-state index in [1.165, 1.54) is 22.2 Å². The van der Waals surface area contributed by atoms with Crippen LogP contribution in [0, 0.1) is 0 Å². The molecule has 0 aromatic carbocycles. The quantitative estimate of drug-likeness (QED) is 0.854. The van der Waals surface area contributed by atoms with E-state index in [-0.39, 0.29) is 30.3 Å². The van der Waals surface area contributed by atoms with Crippen LogP contribution < -0.4 is 5.32 Å². The van der Waals surface area contributed by atoms with Crippen LogP contribution in [0.1, 0.15) is 22.8 Å². The van der Waals surface area contributed by atoms with Crippen molar-refractivity contribution in [2.45, 2.75) is 13.3 Å². The smallest absolute Gasteiger partial charge is 0.343 e. The molecule has 0 saturated heterocycles. The number of hydrogen-bond donors (Lipinski definition) is 1. The van der Waals surface area contributed by atoms with Gasteiger partial charge in [-0.05, 0) is 29.3 Å². The van der Waals surface area contributed by atoms with Gasteiger partial charge in [0.25, 0.3) is 0 Å². The maximum absolute atomic E-state index is 11.9. The molecule has 2 aromatic rings. The average molecular weight is 293 g/mol. The summed E-state index contributed by atoms with van der Waals surface area (Å²) in [7, 11) is 1.68. The number of carbonyl (C=O) groups excluding carboxylic acids is 2. The van der Waals surface area contributed by atoms with Gasteiger partial charge < -0.3 is 10.1 Å². The number of aryl methyl sites for hydroxylation is 1. The van der Waals surface area contributed by atoms with Crippen LogP contribution in [0.15, 0.2) is 23.0 Å². The summed E-state index contributed by atoms with van der Waals surface area (Å²) < 4.78 is 6.39. The molecule has 0 fully saturated rings. The number of nitrogens with one attached hydrogen (secondary N) is 1. The first-order chi connectivity index (χ1) is 9.60. The summed E-state index contributed by atoms with van der Waals surface area (Å²) in [4.78, 5) is 23.7. The number of aromatic nitrogens is 2. The largest absolute Gasteiger partial charge is 0.462 e. The Hall–Kier alpha value is -2.15. The van der Waals surface area contributed by atoms with Crippen LogP contribution in [0.25, 0.3) is 0 Å². The van der Waals surface area contributed by atoms with Gasteiger partial charge in [0, 0.05) is 13.2 Å². The lowest BCUT2D eigenvalue weighted by Gasteiger charge is -2.04.